The molecule has 2 heterocycles. The van der Waals surface area contributed by atoms with E-state index in [1.54, 1.807) is 6.07 Å². The molecular weight excluding hydrogens is 326 g/mol. The minimum Gasteiger partial charge on any atom is -0.493 e. The summed E-state index contributed by atoms with van der Waals surface area (Å²) in [4.78, 5) is 13.9. The van der Waals surface area contributed by atoms with E-state index in [0.29, 0.717) is 36.8 Å². The number of fused-ring (bicyclic) bond motifs is 1. The van der Waals surface area contributed by atoms with Crippen LogP contribution in [-0.2, 0) is 4.74 Å². The summed E-state index contributed by atoms with van der Waals surface area (Å²) in [5, 5.41) is 11.0. The van der Waals surface area contributed by atoms with Crippen LogP contribution in [0.25, 0.3) is 11.0 Å². The number of aliphatic hydroxyl groups excluding tert-OH is 1. The maximum atomic E-state index is 11.7. The minimum atomic E-state index is -0.672. The fourth-order valence-electron chi connectivity index (χ4n) is 2.95. The molecule has 136 valence electrons. The molecule has 0 unspecified atom stereocenters. The van der Waals surface area contributed by atoms with Crippen LogP contribution < -0.4 is 15.1 Å². The fraction of sp³-hybridized carbons (Fsp3) is 0.500. The van der Waals surface area contributed by atoms with Crippen molar-refractivity contribution in [3.8, 4) is 11.5 Å². The Kier molecular flexibility index (Phi) is 5.57. The molecule has 0 amide bonds. The molecule has 25 heavy (non-hydrogen) atoms. The molecule has 0 radical (unpaired) electrons. The van der Waals surface area contributed by atoms with Gasteiger partial charge in [0.1, 0.15) is 12.7 Å². The summed E-state index contributed by atoms with van der Waals surface area (Å²) in [6.45, 7) is 5.35. The van der Waals surface area contributed by atoms with Crippen molar-refractivity contribution in [1.82, 2.24) is 4.90 Å². The fourth-order valence-corrected chi connectivity index (χ4v) is 2.95. The van der Waals surface area contributed by atoms with E-state index in [2.05, 4.69) is 4.90 Å². The normalized spacial score (nSPS) is 16.8. The third-order valence-electron chi connectivity index (χ3n) is 4.25. The zero-order chi connectivity index (χ0) is 17.8. The molecule has 1 atom stereocenters. The van der Waals surface area contributed by atoms with E-state index in [1.807, 2.05) is 13.0 Å². The van der Waals surface area contributed by atoms with Crippen LogP contribution in [0.3, 0.4) is 0 Å². The number of hydrogen-bond donors (Lipinski definition) is 1. The number of aryl methyl sites for hydroxylation is 1. The van der Waals surface area contributed by atoms with Crippen LogP contribution in [-0.4, -0.2) is 62.7 Å². The molecule has 1 aromatic carbocycles. The highest BCUT2D eigenvalue weighted by molar-refractivity contribution is 5.87. The summed E-state index contributed by atoms with van der Waals surface area (Å²) in [5.41, 5.74) is 0.688. The number of ether oxygens (including phenoxy) is 3. The first-order chi connectivity index (χ1) is 12.1. The van der Waals surface area contributed by atoms with Gasteiger partial charge in [-0.05, 0) is 24.6 Å². The van der Waals surface area contributed by atoms with Crippen molar-refractivity contribution in [2.24, 2.45) is 0 Å². The third-order valence-corrected chi connectivity index (χ3v) is 4.25. The van der Waals surface area contributed by atoms with Gasteiger partial charge in [0, 0.05) is 31.1 Å². The standard InChI is InChI=1S/C18H23NO6/c1-12-9-16(21)25-17-14(12)3-4-15(22-2)18(17)24-11-13(20)10-19-5-7-23-8-6-19/h3-4,9,13,20H,5-8,10-11H2,1-2H3/t13-/m1/s1. The molecule has 2 aromatic rings. The Hall–Kier alpha value is -2.09. The predicted molar refractivity (Wildman–Crippen MR) is 92.5 cm³/mol. The molecule has 0 bridgehead atoms. The molecule has 0 spiro atoms. The third kappa shape index (κ3) is 4.12. The van der Waals surface area contributed by atoms with Gasteiger partial charge in [0.15, 0.2) is 11.3 Å². The van der Waals surface area contributed by atoms with E-state index >= 15 is 0 Å². The molecule has 1 aliphatic heterocycles. The molecule has 1 saturated heterocycles. The van der Waals surface area contributed by atoms with E-state index < -0.39 is 11.7 Å². The van der Waals surface area contributed by atoms with Crippen molar-refractivity contribution in [2.45, 2.75) is 13.0 Å². The first-order valence-corrected chi connectivity index (χ1v) is 8.31. The Morgan fingerprint density at radius 1 is 1.32 bits per heavy atom. The highest BCUT2D eigenvalue weighted by atomic mass is 16.5. The SMILES string of the molecule is COc1ccc2c(C)cc(=O)oc2c1OC[C@H](O)CN1CCOCC1. The van der Waals surface area contributed by atoms with Gasteiger partial charge in [-0.15, -0.1) is 0 Å². The monoisotopic (exact) mass is 349 g/mol. The van der Waals surface area contributed by atoms with Gasteiger partial charge in [-0.3, -0.25) is 4.90 Å². The molecule has 1 aliphatic rings. The molecule has 7 heteroatoms. The lowest BCUT2D eigenvalue weighted by molar-refractivity contribution is 0.00451. The lowest BCUT2D eigenvalue weighted by atomic mass is 10.1. The minimum absolute atomic E-state index is 0.0739. The first-order valence-electron chi connectivity index (χ1n) is 8.31. The van der Waals surface area contributed by atoms with Crippen molar-refractivity contribution >= 4 is 11.0 Å². The van der Waals surface area contributed by atoms with E-state index in [1.165, 1.54) is 13.2 Å². The summed E-state index contributed by atoms with van der Waals surface area (Å²) in [5.74, 6) is 0.793. The number of β-amino-alcohol motifs (C(OH)–C–C–N with tert-alkyl or cyclic N) is 1. The van der Waals surface area contributed by atoms with Crippen LogP contribution in [0.4, 0.5) is 0 Å². The van der Waals surface area contributed by atoms with Crippen LogP contribution in [0, 0.1) is 6.92 Å². The van der Waals surface area contributed by atoms with Gasteiger partial charge in [-0.25, -0.2) is 4.79 Å². The molecule has 3 rings (SSSR count). The number of methoxy groups -OCH3 is 1. The Bertz CT molecular complexity index is 781. The number of rotatable bonds is 6. The highest BCUT2D eigenvalue weighted by Gasteiger charge is 2.19. The average Bonchev–Trinajstić information content (AvgIpc) is 2.60. The number of benzene rings is 1. The summed E-state index contributed by atoms with van der Waals surface area (Å²) < 4.78 is 21.7. The Morgan fingerprint density at radius 2 is 2.08 bits per heavy atom. The zero-order valence-corrected chi connectivity index (χ0v) is 14.5. The largest absolute Gasteiger partial charge is 0.493 e. The van der Waals surface area contributed by atoms with Crippen molar-refractivity contribution in [1.29, 1.82) is 0 Å². The highest BCUT2D eigenvalue weighted by Crippen LogP contribution is 2.36. The molecule has 1 fully saturated rings. The lowest BCUT2D eigenvalue weighted by Gasteiger charge is -2.28. The van der Waals surface area contributed by atoms with Crippen molar-refractivity contribution < 1.29 is 23.7 Å². The van der Waals surface area contributed by atoms with E-state index in [-0.39, 0.29) is 6.61 Å². The second-order valence-electron chi connectivity index (χ2n) is 6.10. The summed E-state index contributed by atoms with van der Waals surface area (Å²) in [7, 11) is 1.52. The Morgan fingerprint density at radius 3 is 2.80 bits per heavy atom. The van der Waals surface area contributed by atoms with Gasteiger partial charge in [0.05, 0.1) is 20.3 Å². The predicted octanol–water partition coefficient (Wildman–Crippen LogP) is 1.18. The number of hydrogen-bond acceptors (Lipinski definition) is 7. The maximum absolute atomic E-state index is 11.7. The van der Waals surface area contributed by atoms with Crippen LogP contribution in [0.5, 0.6) is 11.5 Å². The second-order valence-corrected chi connectivity index (χ2v) is 6.10. The van der Waals surface area contributed by atoms with Crippen molar-refractivity contribution in [3.05, 3.63) is 34.2 Å². The Labute approximate surface area is 145 Å². The smallest absolute Gasteiger partial charge is 0.336 e. The number of aliphatic hydroxyl groups is 1. The molecule has 1 N–H and O–H groups in total. The topological polar surface area (TPSA) is 81.4 Å². The van der Waals surface area contributed by atoms with E-state index in [0.717, 1.165) is 24.0 Å². The Balaban J connectivity index is 1.78. The van der Waals surface area contributed by atoms with Gasteiger partial charge in [0.2, 0.25) is 5.75 Å². The van der Waals surface area contributed by atoms with Gasteiger partial charge < -0.3 is 23.7 Å². The van der Waals surface area contributed by atoms with Gasteiger partial charge in [-0.1, -0.05) is 0 Å². The summed E-state index contributed by atoms with van der Waals surface area (Å²) in [6, 6.07) is 5.02. The van der Waals surface area contributed by atoms with Gasteiger partial charge in [0.25, 0.3) is 0 Å². The quantitative estimate of drug-likeness (QED) is 0.784. The first kappa shape index (κ1) is 17.7. The van der Waals surface area contributed by atoms with Crippen LogP contribution in [0.1, 0.15) is 5.56 Å². The maximum Gasteiger partial charge on any atom is 0.336 e. The van der Waals surface area contributed by atoms with E-state index in [9.17, 15) is 9.90 Å². The molecule has 0 saturated carbocycles. The number of morpholine rings is 1. The molecular formula is C18H23NO6. The van der Waals surface area contributed by atoms with Crippen LogP contribution in [0.15, 0.2) is 27.4 Å². The van der Waals surface area contributed by atoms with Gasteiger partial charge >= 0.3 is 5.63 Å². The van der Waals surface area contributed by atoms with Crippen molar-refractivity contribution in [3.63, 3.8) is 0 Å². The van der Waals surface area contributed by atoms with Crippen LogP contribution >= 0.6 is 0 Å². The van der Waals surface area contributed by atoms with Gasteiger partial charge in [-0.2, -0.15) is 0 Å². The summed E-state index contributed by atoms with van der Waals surface area (Å²) in [6.07, 6.45) is -0.672. The van der Waals surface area contributed by atoms with E-state index in [4.69, 9.17) is 18.6 Å². The van der Waals surface area contributed by atoms with Crippen molar-refractivity contribution in [2.75, 3.05) is 46.6 Å². The average molecular weight is 349 g/mol. The lowest BCUT2D eigenvalue weighted by Crippen LogP contribution is -2.42. The second kappa shape index (κ2) is 7.86. The molecule has 7 nitrogen and oxygen atoms in total. The molecule has 0 aliphatic carbocycles. The number of nitrogens with zero attached hydrogens (tertiary/aromatic N) is 1. The zero-order valence-electron chi connectivity index (χ0n) is 14.5. The van der Waals surface area contributed by atoms with Crippen LogP contribution in [0.2, 0.25) is 0 Å². The molecule has 1 aromatic heterocycles. The summed E-state index contributed by atoms with van der Waals surface area (Å²) >= 11 is 0.